The Balaban J connectivity index is 1.60. The Kier molecular flexibility index (Phi) is 7.15. The number of carbonyl (C=O) groups excluding carboxylic acids is 1. The highest BCUT2D eigenvalue weighted by molar-refractivity contribution is 5.90. The summed E-state index contributed by atoms with van der Waals surface area (Å²) in [6.07, 6.45) is -1.53. The van der Waals surface area contributed by atoms with Crippen LogP contribution < -0.4 is 19.5 Å². The van der Waals surface area contributed by atoms with E-state index in [4.69, 9.17) is 18.9 Å². The summed E-state index contributed by atoms with van der Waals surface area (Å²) >= 11 is 0. The van der Waals surface area contributed by atoms with E-state index in [-0.39, 0.29) is 12.6 Å². The lowest BCUT2D eigenvalue weighted by molar-refractivity contribution is 0.141. The number of hydrogen-bond acceptors (Lipinski definition) is 7. The van der Waals surface area contributed by atoms with Crippen molar-refractivity contribution in [2.24, 2.45) is 0 Å². The third-order valence-corrected chi connectivity index (χ3v) is 7.11. The molecule has 1 fully saturated rings. The fourth-order valence-electron chi connectivity index (χ4n) is 5.11. The Hall–Kier alpha value is -4.17. The van der Waals surface area contributed by atoms with Gasteiger partial charge in [0.25, 0.3) is 0 Å². The van der Waals surface area contributed by atoms with Crippen molar-refractivity contribution in [3.8, 4) is 17.2 Å². The van der Waals surface area contributed by atoms with E-state index < -0.39 is 18.2 Å². The molecule has 3 aromatic carbocycles. The van der Waals surface area contributed by atoms with Crippen LogP contribution in [0.15, 0.2) is 67.2 Å². The average Bonchev–Trinajstić information content (AvgIpc) is 3.67. The molecule has 8 heteroatoms. The van der Waals surface area contributed by atoms with E-state index in [1.165, 1.54) is 12.0 Å². The summed E-state index contributed by atoms with van der Waals surface area (Å²) in [5.74, 6) is 1.52. The van der Waals surface area contributed by atoms with Gasteiger partial charge in [-0.2, -0.15) is 0 Å². The highest BCUT2D eigenvalue weighted by Crippen LogP contribution is 2.53. The Bertz CT molecular complexity index is 1330. The molecule has 3 atom stereocenters. The third kappa shape index (κ3) is 4.63. The molecule has 2 aliphatic rings. The molecular weight excluding hydrogens is 484 g/mol. The smallest absolute Gasteiger partial charge is 0.410 e. The molecule has 0 aromatic heterocycles. The maximum absolute atomic E-state index is 12.4. The number of amides is 1. The first-order valence-corrected chi connectivity index (χ1v) is 12.5. The van der Waals surface area contributed by atoms with Crippen LogP contribution >= 0.6 is 0 Å². The van der Waals surface area contributed by atoms with Crippen molar-refractivity contribution in [2.45, 2.75) is 38.3 Å². The second kappa shape index (κ2) is 10.7. The quantitative estimate of drug-likeness (QED) is 0.437. The molecule has 0 radical (unpaired) electrons. The van der Waals surface area contributed by atoms with Gasteiger partial charge in [-0.25, -0.2) is 4.79 Å². The molecule has 0 unspecified atom stereocenters. The number of nitrogens with zero attached hydrogens (tertiary/aromatic N) is 1. The van der Waals surface area contributed by atoms with Crippen molar-refractivity contribution >= 4 is 17.4 Å². The highest BCUT2D eigenvalue weighted by Gasteiger charge is 2.57. The predicted molar refractivity (Wildman–Crippen MR) is 145 cm³/mol. The molecule has 2 aliphatic heterocycles. The minimum absolute atomic E-state index is 0.250. The Labute approximate surface area is 222 Å². The fraction of sp³-hybridized carbons (Fsp3) is 0.300. The molecule has 0 aliphatic carbocycles. The summed E-state index contributed by atoms with van der Waals surface area (Å²) in [7, 11) is 2.91. The molecule has 0 saturated carbocycles. The van der Waals surface area contributed by atoms with Crippen LogP contribution in [0, 0.1) is 6.92 Å². The highest BCUT2D eigenvalue weighted by atomic mass is 16.5. The van der Waals surface area contributed by atoms with Crippen molar-refractivity contribution in [1.82, 2.24) is 4.90 Å². The number of anilines is 1. The van der Waals surface area contributed by atoms with Crippen LogP contribution in [0.1, 0.15) is 22.3 Å². The minimum atomic E-state index is -1.03. The Morgan fingerprint density at radius 2 is 1.55 bits per heavy atom. The summed E-state index contributed by atoms with van der Waals surface area (Å²) in [5.41, 5.74) is 4.34. The zero-order valence-electron chi connectivity index (χ0n) is 21.8. The van der Waals surface area contributed by atoms with Crippen LogP contribution in [0.5, 0.6) is 17.2 Å². The van der Waals surface area contributed by atoms with Crippen molar-refractivity contribution in [1.29, 1.82) is 0 Å². The van der Waals surface area contributed by atoms with E-state index in [1.807, 2.05) is 67.6 Å². The number of benzene rings is 3. The van der Waals surface area contributed by atoms with E-state index >= 15 is 0 Å². The third-order valence-electron chi connectivity index (χ3n) is 7.11. The summed E-state index contributed by atoms with van der Waals surface area (Å²) in [6, 6.07) is 19.0. The Morgan fingerprint density at radius 3 is 2.11 bits per heavy atom. The second-order valence-electron chi connectivity index (χ2n) is 9.40. The molecule has 38 heavy (non-hydrogen) atoms. The summed E-state index contributed by atoms with van der Waals surface area (Å²) in [4.78, 5) is 13.9. The maximum atomic E-state index is 12.4. The molecule has 8 nitrogen and oxygen atoms in total. The number of aliphatic hydroxyl groups excluding tert-OH is 1. The molecule has 198 valence electrons. The molecule has 1 amide bonds. The summed E-state index contributed by atoms with van der Waals surface area (Å²) in [5, 5.41) is 14.9. The van der Waals surface area contributed by atoms with Crippen molar-refractivity contribution < 1.29 is 28.8 Å². The maximum Gasteiger partial charge on any atom is 0.410 e. The number of aliphatic hydroxyl groups is 1. The summed E-state index contributed by atoms with van der Waals surface area (Å²) in [6.45, 7) is 7.18. The van der Waals surface area contributed by atoms with Gasteiger partial charge in [-0.15, -0.1) is 0 Å². The van der Waals surface area contributed by atoms with Gasteiger partial charge in [-0.05, 0) is 23.6 Å². The topological polar surface area (TPSA) is 89.3 Å². The zero-order valence-corrected chi connectivity index (χ0v) is 21.8. The number of ether oxygens (including phenoxy) is 4. The van der Waals surface area contributed by atoms with E-state index in [9.17, 15) is 9.90 Å². The molecular formula is C30H32N2O6. The zero-order chi connectivity index (χ0) is 26.8. The molecule has 2 N–H and O–H groups in total. The van der Waals surface area contributed by atoms with Crippen LogP contribution in [-0.4, -0.2) is 55.1 Å². The average molecular weight is 517 g/mol. The number of nitrogens with one attached hydrogen (secondary N) is 1. The van der Waals surface area contributed by atoms with E-state index in [2.05, 4.69) is 11.9 Å². The number of rotatable bonds is 7. The van der Waals surface area contributed by atoms with Gasteiger partial charge >= 0.3 is 6.09 Å². The standard InChI is InChI=1S/C30H32N2O6/c1-18-23-24(31-15-22-25(26(18)33)32(22)30(34)36-4)27(37-16-20-11-7-5-8-12-20)19(2)28(35-3)29(23)38-17-21-13-9-6-10-14-21/h5-14,22,25-26,31,33H,1,15-17H2,2-4H3/t22-,25-,26+,32?/m0/s1. The molecule has 1 saturated heterocycles. The predicted octanol–water partition coefficient (Wildman–Crippen LogP) is 4.78. The van der Waals surface area contributed by atoms with Crippen molar-refractivity contribution in [2.75, 3.05) is 26.1 Å². The number of methoxy groups -OCH3 is 2. The lowest BCUT2D eigenvalue weighted by Gasteiger charge is -2.28. The largest absolute Gasteiger partial charge is 0.492 e. The van der Waals surface area contributed by atoms with Gasteiger partial charge in [0.15, 0.2) is 11.5 Å². The van der Waals surface area contributed by atoms with Crippen LogP contribution in [-0.2, 0) is 18.0 Å². The van der Waals surface area contributed by atoms with Gasteiger partial charge in [0, 0.05) is 12.1 Å². The van der Waals surface area contributed by atoms with Gasteiger partial charge in [0.1, 0.15) is 25.1 Å². The van der Waals surface area contributed by atoms with E-state index in [1.54, 1.807) is 7.11 Å². The van der Waals surface area contributed by atoms with Crippen LogP contribution in [0.2, 0.25) is 0 Å². The van der Waals surface area contributed by atoms with Crippen LogP contribution in [0.25, 0.3) is 5.57 Å². The lowest BCUT2D eigenvalue weighted by Crippen LogP contribution is -2.26. The first-order chi connectivity index (χ1) is 18.5. The molecule has 5 rings (SSSR count). The van der Waals surface area contributed by atoms with E-state index in [0.717, 1.165) is 16.7 Å². The van der Waals surface area contributed by atoms with E-state index in [0.29, 0.717) is 47.2 Å². The van der Waals surface area contributed by atoms with Crippen molar-refractivity contribution in [3.63, 3.8) is 0 Å². The molecule has 0 bridgehead atoms. The normalized spacial score (nSPS) is 19.7. The Morgan fingerprint density at radius 1 is 0.974 bits per heavy atom. The monoisotopic (exact) mass is 516 g/mol. The lowest BCUT2D eigenvalue weighted by atomic mass is 9.92. The van der Waals surface area contributed by atoms with Crippen LogP contribution in [0.4, 0.5) is 10.5 Å². The fourth-order valence-corrected chi connectivity index (χ4v) is 5.11. The number of hydrogen-bond donors (Lipinski definition) is 2. The van der Waals surface area contributed by atoms with Gasteiger partial charge < -0.3 is 29.4 Å². The number of fused-ring (bicyclic) bond motifs is 2. The van der Waals surface area contributed by atoms with Gasteiger partial charge in [0.05, 0.1) is 37.6 Å². The first kappa shape index (κ1) is 25.5. The number of carbonyl (C=O) groups is 1. The molecule has 0 spiro atoms. The van der Waals surface area contributed by atoms with Gasteiger partial charge in [-0.3, -0.25) is 4.90 Å². The van der Waals surface area contributed by atoms with Gasteiger partial charge in [-0.1, -0.05) is 67.2 Å². The summed E-state index contributed by atoms with van der Waals surface area (Å²) < 4.78 is 23.5. The molecule has 3 aromatic rings. The van der Waals surface area contributed by atoms with Gasteiger partial charge in [0.2, 0.25) is 0 Å². The molecule has 2 heterocycles. The second-order valence-corrected chi connectivity index (χ2v) is 9.40. The van der Waals surface area contributed by atoms with Crippen LogP contribution in [0.3, 0.4) is 0 Å². The SMILES string of the molecule is C=C1c2c(c(OCc3ccccc3)c(C)c(OC)c2OCc2ccccc2)NC[C@H]2[C@@H]([C@@H]1O)N2C(=O)OC. The van der Waals surface area contributed by atoms with Crippen molar-refractivity contribution in [3.05, 3.63) is 89.5 Å². The minimum Gasteiger partial charge on any atom is -0.492 e. The first-order valence-electron chi connectivity index (χ1n) is 12.5.